The maximum atomic E-state index is 11.7. The van der Waals surface area contributed by atoms with E-state index in [1.54, 1.807) is 18.2 Å². The summed E-state index contributed by atoms with van der Waals surface area (Å²) in [4.78, 5) is 27.1. The number of nitrogens with zero attached hydrogens (tertiary/aromatic N) is 3. The van der Waals surface area contributed by atoms with Gasteiger partial charge in [0.2, 0.25) is 5.91 Å². The lowest BCUT2D eigenvalue weighted by atomic mass is 10.1. The standard InChI is InChI=1S/C16H19N3O2/c1-3-16(21)19-8-6-18(7-9-19)15-10-13(12(2)20)4-5-14(15)11-17/h4-5,10H,3,6-9H2,1-2H3. The first kappa shape index (κ1) is 15.0. The first-order valence-electron chi connectivity index (χ1n) is 7.14. The second-order valence-electron chi connectivity index (χ2n) is 5.12. The van der Waals surface area contributed by atoms with Crippen LogP contribution in [-0.4, -0.2) is 42.8 Å². The van der Waals surface area contributed by atoms with Crippen LogP contribution in [0.3, 0.4) is 0 Å². The molecule has 2 rings (SSSR count). The van der Waals surface area contributed by atoms with E-state index in [0.29, 0.717) is 43.7 Å². The minimum absolute atomic E-state index is 0.0134. The van der Waals surface area contributed by atoms with Gasteiger partial charge in [-0.1, -0.05) is 6.92 Å². The van der Waals surface area contributed by atoms with Crippen molar-refractivity contribution in [1.29, 1.82) is 5.26 Å². The Bertz CT molecular complexity index is 596. The van der Waals surface area contributed by atoms with Crippen LogP contribution in [0.2, 0.25) is 0 Å². The molecule has 1 saturated heterocycles. The minimum atomic E-state index is -0.0134. The maximum absolute atomic E-state index is 11.7. The van der Waals surface area contributed by atoms with Crippen LogP contribution in [0.4, 0.5) is 5.69 Å². The van der Waals surface area contributed by atoms with Gasteiger partial charge in [0, 0.05) is 38.2 Å². The number of benzene rings is 1. The van der Waals surface area contributed by atoms with E-state index in [0.717, 1.165) is 5.69 Å². The van der Waals surface area contributed by atoms with Crippen LogP contribution >= 0.6 is 0 Å². The summed E-state index contributed by atoms with van der Waals surface area (Å²) < 4.78 is 0. The average molecular weight is 285 g/mol. The van der Waals surface area contributed by atoms with Crippen molar-refractivity contribution in [3.05, 3.63) is 29.3 Å². The van der Waals surface area contributed by atoms with E-state index in [4.69, 9.17) is 0 Å². The van der Waals surface area contributed by atoms with Crippen molar-refractivity contribution in [3.8, 4) is 6.07 Å². The first-order valence-corrected chi connectivity index (χ1v) is 7.14. The van der Waals surface area contributed by atoms with Crippen LogP contribution in [0.5, 0.6) is 0 Å². The Hall–Kier alpha value is -2.35. The molecule has 0 spiro atoms. The number of ketones is 1. The van der Waals surface area contributed by atoms with Gasteiger partial charge in [0.1, 0.15) is 6.07 Å². The number of carbonyl (C=O) groups excluding carboxylic acids is 2. The largest absolute Gasteiger partial charge is 0.367 e. The zero-order valence-corrected chi connectivity index (χ0v) is 12.4. The Morgan fingerprint density at radius 1 is 1.24 bits per heavy atom. The predicted molar refractivity (Wildman–Crippen MR) is 80.2 cm³/mol. The third-order valence-electron chi connectivity index (χ3n) is 3.80. The molecule has 1 aliphatic heterocycles. The molecule has 1 aliphatic rings. The van der Waals surface area contributed by atoms with Gasteiger partial charge < -0.3 is 9.80 Å². The number of anilines is 1. The molecule has 0 aromatic heterocycles. The van der Waals surface area contributed by atoms with Crippen LogP contribution < -0.4 is 4.90 Å². The summed E-state index contributed by atoms with van der Waals surface area (Å²) in [6.07, 6.45) is 0.517. The van der Waals surface area contributed by atoms with Crippen molar-refractivity contribution < 1.29 is 9.59 Å². The second kappa shape index (κ2) is 6.40. The van der Waals surface area contributed by atoms with Crippen molar-refractivity contribution >= 4 is 17.4 Å². The molecule has 5 nitrogen and oxygen atoms in total. The number of carbonyl (C=O) groups is 2. The summed E-state index contributed by atoms with van der Waals surface area (Å²) >= 11 is 0. The lowest BCUT2D eigenvalue weighted by Crippen LogP contribution is -2.48. The Labute approximate surface area is 124 Å². The highest BCUT2D eigenvalue weighted by Crippen LogP contribution is 2.23. The summed E-state index contributed by atoms with van der Waals surface area (Å²) in [5, 5.41) is 9.23. The van der Waals surface area contributed by atoms with Crippen LogP contribution in [0.15, 0.2) is 18.2 Å². The van der Waals surface area contributed by atoms with Gasteiger partial charge in [-0.3, -0.25) is 9.59 Å². The summed E-state index contributed by atoms with van der Waals surface area (Å²) in [5.74, 6) is 0.146. The van der Waals surface area contributed by atoms with Gasteiger partial charge in [0.25, 0.3) is 0 Å². The van der Waals surface area contributed by atoms with Crippen LogP contribution in [-0.2, 0) is 4.79 Å². The molecule has 1 heterocycles. The first-order chi connectivity index (χ1) is 10.1. The predicted octanol–water partition coefficient (Wildman–Crippen LogP) is 1.82. The van der Waals surface area contributed by atoms with Gasteiger partial charge in [0.05, 0.1) is 11.3 Å². The van der Waals surface area contributed by atoms with Gasteiger partial charge in [0.15, 0.2) is 5.78 Å². The van der Waals surface area contributed by atoms with E-state index in [-0.39, 0.29) is 11.7 Å². The smallest absolute Gasteiger partial charge is 0.222 e. The molecule has 0 atom stereocenters. The van der Waals surface area contributed by atoms with Gasteiger partial charge in [-0.05, 0) is 25.1 Å². The Balaban J connectivity index is 2.19. The number of amides is 1. The Kier molecular flexibility index (Phi) is 4.59. The van der Waals surface area contributed by atoms with E-state index >= 15 is 0 Å². The van der Waals surface area contributed by atoms with E-state index < -0.39 is 0 Å². The zero-order chi connectivity index (χ0) is 15.4. The molecule has 1 fully saturated rings. The number of hydrogen-bond acceptors (Lipinski definition) is 4. The Morgan fingerprint density at radius 3 is 2.43 bits per heavy atom. The van der Waals surface area contributed by atoms with E-state index in [9.17, 15) is 14.9 Å². The highest BCUT2D eigenvalue weighted by molar-refractivity contribution is 5.95. The molecule has 0 radical (unpaired) electrons. The summed E-state index contributed by atoms with van der Waals surface area (Å²) in [5.41, 5.74) is 1.96. The van der Waals surface area contributed by atoms with E-state index in [2.05, 4.69) is 11.0 Å². The van der Waals surface area contributed by atoms with Gasteiger partial charge in [-0.2, -0.15) is 5.26 Å². The molecular weight excluding hydrogens is 266 g/mol. The molecular formula is C16H19N3O2. The van der Waals surface area contributed by atoms with Gasteiger partial charge >= 0.3 is 0 Å². The number of Topliss-reactive ketones (excluding diaryl/α,β-unsaturated/α-hetero) is 1. The summed E-state index contributed by atoms with van der Waals surface area (Å²) in [6.45, 7) is 6.05. The summed E-state index contributed by atoms with van der Waals surface area (Å²) in [7, 11) is 0. The van der Waals surface area contributed by atoms with E-state index in [1.807, 2.05) is 11.8 Å². The molecule has 1 amide bonds. The van der Waals surface area contributed by atoms with Gasteiger partial charge in [-0.25, -0.2) is 0 Å². The minimum Gasteiger partial charge on any atom is -0.367 e. The number of piperazine rings is 1. The van der Waals surface area contributed by atoms with Crippen LogP contribution in [0.1, 0.15) is 36.2 Å². The fourth-order valence-corrected chi connectivity index (χ4v) is 2.53. The number of nitriles is 1. The fourth-order valence-electron chi connectivity index (χ4n) is 2.53. The normalized spacial score (nSPS) is 14.7. The molecule has 1 aromatic carbocycles. The SMILES string of the molecule is CCC(=O)N1CCN(c2cc(C(C)=O)ccc2C#N)CC1. The van der Waals surface area contributed by atoms with Gasteiger partial charge in [-0.15, -0.1) is 0 Å². The molecule has 0 aliphatic carbocycles. The van der Waals surface area contributed by atoms with E-state index in [1.165, 1.54) is 6.92 Å². The lowest BCUT2D eigenvalue weighted by Gasteiger charge is -2.36. The van der Waals surface area contributed by atoms with Crippen molar-refractivity contribution in [1.82, 2.24) is 4.90 Å². The monoisotopic (exact) mass is 285 g/mol. The third-order valence-corrected chi connectivity index (χ3v) is 3.80. The zero-order valence-electron chi connectivity index (χ0n) is 12.4. The lowest BCUT2D eigenvalue weighted by molar-refractivity contribution is -0.131. The fraction of sp³-hybridized carbons (Fsp3) is 0.438. The quantitative estimate of drug-likeness (QED) is 0.795. The van der Waals surface area contributed by atoms with Crippen molar-refractivity contribution in [2.24, 2.45) is 0 Å². The summed E-state index contributed by atoms with van der Waals surface area (Å²) in [6, 6.07) is 7.32. The van der Waals surface area contributed by atoms with Crippen LogP contribution in [0.25, 0.3) is 0 Å². The average Bonchev–Trinajstić information content (AvgIpc) is 2.53. The molecule has 0 unspecified atom stereocenters. The highest BCUT2D eigenvalue weighted by atomic mass is 16.2. The maximum Gasteiger partial charge on any atom is 0.222 e. The molecule has 110 valence electrons. The molecule has 0 bridgehead atoms. The number of hydrogen-bond donors (Lipinski definition) is 0. The molecule has 0 saturated carbocycles. The number of rotatable bonds is 3. The third kappa shape index (κ3) is 3.22. The Morgan fingerprint density at radius 2 is 1.90 bits per heavy atom. The van der Waals surface area contributed by atoms with Crippen molar-refractivity contribution in [3.63, 3.8) is 0 Å². The van der Waals surface area contributed by atoms with Crippen molar-refractivity contribution in [2.75, 3.05) is 31.1 Å². The second-order valence-corrected chi connectivity index (χ2v) is 5.12. The molecule has 1 aromatic rings. The van der Waals surface area contributed by atoms with Crippen molar-refractivity contribution in [2.45, 2.75) is 20.3 Å². The highest BCUT2D eigenvalue weighted by Gasteiger charge is 2.22. The van der Waals surface area contributed by atoms with Crippen LogP contribution in [0, 0.1) is 11.3 Å². The molecule has 5 heteroatoms. The molecule has 21 heavy (non-hydrogen) atoms. The molecule has 0 N–H and O–H groups in total. The topological polar surface area (TPSA) is 64.4 Å².